The van der Waals surface area contributed by atoms with Crippen molar-refractivity contribution in [2.45, 2.75) is 13.8 Å². The van der Waals surface area contributed by atoms with Gasteiger partial charge in [0.1, 0.15) is 11.4 Å². The molecule has 0 atom stereocenters. The number of hydrogen-bond acceptors (Lipinski definition) is 4. The summed E-state index contributed by atoms with van der Waals surface area (Å²) in [4.78, 5) is 29.1. The van der Waals surface area contributed by atoms with Gasteiger partial charge in [-0.05, 0) is 55.8 Å². The molecule has 0 unspecified atom stereocenters. The lowest BCUT2D eigenvalue weighted by Gasteiger charge is -2.08. The summed E-state index contributed by atoms with van der Waals surface area (Å²) in [5.41, 5.74) is 8.73. The largest absolute Gasteiger partial charge is 0.422 e. The number of aromatic nitrogens is 1. The average molecular weight is 488 g/mol. The van der Waals surface area contributed by atoms with Crippen LogP contribution in [0.2, 0.25) is 0 Å². The summed E-state index contributed by atoms with van der Waals surface area (Å²) in [5, 5.41) is 5.13. The Morgan fingerprint density at radius 3 is 2.41 bits per heavy atom. The lowest BCUT2D eigenvalue weighted by atomic mass is 10.0. The van der Waals surface area contributed by atoms with Crippen molar-refractivity contribution in [2.24, 2.45) is 5.10 Å². The van der Waals surface area contributed by atoms with Crippen LogP contribution in [0.15, 0.2) is 102 Å². The minimum absolute atomic E-state index is 0.345. The fraction of sp³-hybridized carbons (Fsp3) is 0.0645. The molecule has 0 aliphatic rings. The summed E-state index contributed by atoms with van der Waals surface area (Å²) < 4.78 is 5.61. The van der Waals surface area contributed by atoms with E-state index in [0.29, 0.717) is 22.6 Å². The van der Waals surface area contributed by atoms with Crippen LogP contribution in [0, 0.1) is 13.8 Å². The van der Waals surface area contributed by atoms with Gasteiger partial charge in [-0.25, -0.2) is 10.2 Å². The zero-order valence-corrected chi connectivity index (χ0v) is 20.5. The predicted octanol–water partition coefficient (Wildman–Crippen LogP) is 6.43. The number of carbonyl (C=O) groups excluding carboxylic acids is 2. The van der Waals surface area contributed by atoms with E-state index in [1.807, 2.05) is 68.4 Å². The molecule has 4 aromatic carbocycles. The van der Waals surface area contributed by atoms with Crippen LogP contribution in [0.25, 0.3) is 22.0 Å². The third-order valence-electron chi connectivity index (χ3n) is 5.99. The SMILES string of the molecule is Cc1cccc(C(=O)Oc2ccccc2C=NNC(=O)c2[nH]c3ccc(C)cc3c2-c2ccccc2)c1. The first-order chi connectivity index (χ1) is 18.0. The number of amides is 1. The number of aryl methyl sites for hydroxylation is 2. The van der Waals surface area contributed by atoms with Crippen LogP contribution in [0.3, 0.4) is 0 Å². The first-order valence-corrected chi connectivity index (χ1v) is 11.9. The Morgan fingerprint density at radius 2 is 1.59 bits per heavy atom. The van der Waals surface area contributed by atoms with E-state index in [4.69, 9.17) is 4.74 Å². The molecule has 0 saturated carbocycles. The number of para-hydroxylation sites is 1. The molecule has 5 aromatic rings. The molecule has 0 spiro atoms. The molecule has 1 heterocycles. The van der Waals surface area contributed by atoms with E-state index in [1.165, 1.54) is 6.21 Å². The molecule has 5 rings (SSSR count). The minimum Gasteiger partial charge on any atom is -0.422 e. The standard InChI is InChI=1S/C31H25N3O3/c1-20-9-8-13-23(17-20)31(36)37-27-14-7-6-12-24(27)19-32-34-30(35)29-28(22-10-4-3-5-11-22)25-18-21(2)15-16-26(25)33-29/h3-19,33H,1-2H3,(H,34,35). The number of H-pyrrole nitrogens is 1. The van der Waals surface area contributed by atoms with E-state index in [0.717, 1.165) is 33.2 Å². The number of fused-ring (bicyclic) bond motifs is 1. The molecule has 0 bridgehead atoms. The van der Waals surface area contributed by atoms with Gasteiger partial charge in [-0.15, -0.1) is 0 Å². The van der Waals surface area contributed by atoms with Crippen molar-refractivity contribution in [3.63, 3.8) is 0 Å². The van der Waals surface area contributed by atoms with Gasteiger partial charge in [0, 0.05) is 22.0 Å². The highest BCUT2D eigenvalue weighted by Crippen LogP contribution is 2.33. The maximum Gasteiger partial charge on any atom is 0.343 e. The number of rotatable bonds is 6. The summed E-state index contributed by atoms with van der Waals surface area (Å²) in [5.74, 6) is -0.495. The van der Waals surface area contributed by atoms with Gasteiger partial charge in [0.25, 0.3) is 5.91 Å². The molecule has 0 aliphatic carbocycles. The number of nitrogens with one attached hydrogen (secondary N) is 2. The van der Waals surface area contributed by atoms with E-state index in [-0.39, 0.29) is 5.91 Å². The number of hydrogen-bond donors (Lipinski definition) is 2. The zero-order chi connectivity index (χ0) is 25.8. The van der Waals surface area contributed by atoms with Gasteiger partial charge in [0.05, 0.1) is 11.8 Å². The molecule has 6 heteroatoms. The first-order valence-electron chi connectivity index (χ1n) is 11.9. The maximum atomic E-state index is 13.2. The number of aromatic amines is 1. The molecule has 2 N–H and O–H groups in total. The molecular weight excluding hydrogens is 462 g/mol. The number of benzene rings is 4. The molecule has 1 amide bonds. The van der Waals surface area contributed by atoms with Crippen LogP contribution in [0.5, 0.6) is 5.75 Å². The third kappa shape index (κ3) is 5.18. The number of esters is 1. The highest BCUT2D eigenvalue weighted by Gasteiger charge is 2.19. The number of nitrogens with zero attached hydrogens (tertiary/aromatic N) is 1. The molecule has 37 heavy (non-hydrogen) atoms. The average Bonchev–Trinajstić information content (AvgIpc) is 3.29. The fourth-order valence-corrected chi connectivity index (χ4v) is 4.21. The molecule has 0 radical (unpaired) electrons. The Bertz CT molecular complexity index is 1630. The summed E-state index contributed by atoms with van der Waals surface area (Å²) in [6.07, 6.45) is 1.46. The Labute approximate surface area is 214 Å². The van der Waals surface area contributed by atoms with Crippen molar-refractivity contribution < 1.29 is 14.3 Å². The summed E-state index contributed by atoms with van der Waals surface area (Å²) in [6, 6.07) is 30.0. The van der Waals surface area contributed by atoms with Gasteiger partial charge in [-0.3, -0.25) is 4.79 Å². The summed E-state index contributed by atoms with van der Waals surface area (Å²) in [6.45, 7) is 3.94. The van der Waals surface area contributed by atoms with Crippen LogP contribution in [0.1, 0.15) is 37.5 Å². The van der Waals surface area contributed by atoms with Crippen molar-refractivity contribution in [3.05, 3.63) is 125 Å². The third-order valence-corrected chi connectivity index (χ3v) is 5.99. The van der Waals surface area contributed by atoms with Gasteiger partial charge in [0.15, 0.2) is 0 Å². The van der Waals surface area contributed by atoms with Gasteiger partial charge >= 0.3 is 5.97 Å². The molecule has 0 saturated heterocycles. The van der Waals surface area contributed by atoms with Crippen molar-refractivity contribution in [1.82, 2.24) is 10.4 Å². The van der Waals surface area contributed by atoms with Crippen LogP contribution in [-0.2, 0) is 0 Å². The second kappa shape index (κ2) is 10.3. The fourth-order valence-electron chi connectivity index (χ4n) is 4.21. The Kier molecular flexibility index (Phi) is 6.64. The van der Waals surface area contributed by atoms with Crippen molar-refractivity contribution in [2.75, 3.05) is 0 Å². The monoisotopic (exact) mass is 487 g/mol. The van der Waals surface area contributed by atoms with Crippen LogP contribution in [0.4, 0.5) is 0 Å². The van der Waals surface area contributed by atoms with Gasteiger partial charge in [-0.2, -0.15) is 5.10 Å². The summed E-state index contributed by atoms with van der Waals surface area (Å²) in [7, 11) is 0. The number of ether oxygens (including phenoxy) is 1. The second-order valence-corrected chi connectivity index (χ2v) is 8.79. The highest BCUT2D eigenvalue weighted by atomic mass is 16.5. The molecule has 1 aromatic heterocycles. The zero-order valence-electron chi connectivity index (χ0n) is 20.5. The predicted molar refractivity (Wildman–Crippen MR) is 146 cm³/mol. The Hall–Kier alpha value is -4.97. The number of hydrazone groups is 1. The van der Waals surface area contributed by atoms with E-state index in [2.05, 4.69) is 21.6 Å². The van der Waals surface area contributed by atoms with Crippen molar-refractivity contribution in [1.29, 1.82) is 0 Å². The molecule has 6 nitrogen and oxygen atoms in total. The second-order valence-electron chi connectivity index (χ2n) is 8.79. The van der Waals surface area contributed by atoms with Gasteiger partial charge in [-0.1, -0.05) is 71.8 Å². The van der Waals surface area contributed by atoms with E-state index >= 15 is 0 Å². The smallest absolute Gasteiger partial charge is 0.343 e. The van der Waals surface area contributed by atoms with Crippen molar-refractivity contribution >= 4 is 29.0 Å². The lowest BCUT2D eigenvalue weighted by molar-refractivity contribution is 0.0734. The summed E-state index contributed by atoms with van der Waals surface area (Å²) >= 11 is 0. The van der Waals surface area contributed by atoms with Gasteiger partial charge in [0.2, 0.25) is 0 Å². The molecule has 182 valence electrons. The van der Waals surface area contributed by atoms with Crippen LogP contribution < -0.4 is 10.2 Å². The van der Waals surface area contributed by atoms with Crippen LogP contribution in [-0.4, -0.2) is 23.1 Å². The lowest BCUT2D eigenvalue weighted by Crippen LogP contribution is -2.19. The number of carbonyl (C=O) groups is 2. The topological polar surface area (TPSA) is 83.5 Å². The van der Waals surface area contributed by atoms with Crippen molar-refractivity contribution in [3.8, 4) is 16.9 Å². The molecule has 0 fully saturated rings. The molecule has 0 aliphatic heterocycles. The Morgan fingerprint density at radius 1 is 0.838 bits per heavy atom. The van der Waals surface area contributed by atoms with E-state index in [1.54, 1.807) is 36.4 Å². The van der Waals surface area contributed by atoms with Crippen LogP contribution >= 0.6 is 0 Å². The minimum atomic E-state index is -0.463. The Balaban J connectivity index is 1.39. The highest BCUT2D eigenvalue weighted by molar-refractivity contribution is 6.10. The maximum absolute atomic E-state index is 13.2. The van der Waals surface area contributed by atoms with E-state index in [9.17, 15) is 9.59 Å². The van der Waals surface area contributed by atoms with Gasteiger partial charge < -0.3 is 9.72 Å². The normalized spacial score (nSPS) is 11.1. The van der Waals surface area contributed by atoms with E-state index < -0.39 is 5.97 Å². The molecular formula is C31H25N3O3. The quantitative estimate of drug-likeness (QED) is 0.125. The first kappa shape index (κ1) is 23.8.